The molecule has 2 aromatic carbocycles. The van der Waals surface area contributed by atoms with Crippen molar-refractivity contribution >= 4 is 49.0 Å². The number of anilines is 1. The predicted molar refractivity (Wildman–Crippen MR) is 109 cm³/mol. The molecule has 0 heterocycles. The summed E-state index contributed by atoms with van der Waals surface area (Å²) in [5.41, 5.74) is 1.94. The fourth-order valence-corrected chi connectivity index (χ4v) is 3.68. The second kappa shape index (κ2) is 8.75. The quantitative estimate of drug-likeness (QED) is 0.673. The molecule has 0 unspecified atom stereocenters. The molecule has 2 aromatic rings. The van der Waals surface area contributed by atoms with E-state index < -0.39 is 10.0 Å². The average Bonchev–Trinajstić information content (AvgIpc) is 2.55. The lowest BCUT2D eigenvalue weighted by atomic mass is 10.1. The zero-order valence-electron chi connectivity index (χ0n) is 14.0. The maximum atomic E-state index is 12.0. The Morgan fingerprint density at radius 3 is 2.44 bits per heavy atom. The molecule has 0 aliphatic carbocycles. The minimum atomic E-state index is -3.42. The monoisotopic (exact) mass is 441 g/mol. The van der Waals surface area contributed by atoms with Gasteiger partial charge in [-0.05, 0) is 60.6 Å². The van der Waals surface area contributed by atoms with Crippen LogP contribution < -0.4 is 10.6 Å². The van der Waals surface area contributed by atoms with Crippen molar-refractivity contribution in [2.24, 2.45) is 0 Å². The Hall–Kier alpha value is -1.48. The summed E-state index contributed by atoms with van der Waals surface area (Å²) in [6.07, 6.45) is 0.848. The first-order chi connectivity index (χ1) is 11.8. The highest BCUT2D eigenvalue weighted by atomic mass is 79.9. The first-order valence-electron chi connectivity index (χ1n) is 7.61. The van der Waals surface area contributed by atoms with E-state index in [-0.39, 0.29) is 4.90 Å². The predicted octanol–water partition coefficient (Wildman–Crippen LogP) is 3.23. The molecule has 25 heavy (non-hydrogen) atoms. The van der Waals surface area contributed by atoms with Gasteiger partial charge in [0.15, 0.2) is 5.11 Å². The summed E-state index contributed by atoms with van der Waals surface area (Å²) >= 11 is 8.72. The van der Waals surface area contributed by atoms with Crippen LogP contribution in [0.2, 0.25) is 0 Å². The minimum absolute atomic E-state index is 0.247. The molecule has 0 aliphatic rings. The maximum absolute atomic E-state index is 12.0. The highest BCUT2D eigenvalue weighted by molar-refractivity contribution is 9.10. The van der Waals surface area contributed by atoms with Gasteiger partial charge in [0.1, 0.15) is 0 Å². The summed E-state index contributed by atoms with van der Waals surface area (Å²) in [6.45, 7) is 0.704. The van der Waals surface area contributed by atoms with Gasteiger partial charge in [0.25, 0.3) is 0 Å². The summed E-state index contributed by atoms with van der Waals surface area (Å²) in [5.74, 6) is 0. The van der Waals surface area contributed by atoms with Crippen LogP contribution in [0, 0.1) is 0 Å². The molecule has 0 saturated carbocycles. The van der Waals surface area contributed by atoms with Gasteiger partial charge in [-0.1, -0.05) is 28.1 Å². The molecule has 134 valence electrons. The minimum Gasteiger partial charge on any atom is -0.362 e. The summed E-state index contributed by atoms with van der Waals surface area (Å²) in [6, 6.07) is 14.6. The average molecular weight is 442 g/mol. The smallest absolute Gasteiger partial charge is 0.242 e. The molecule has 2 rings (SSSR count). The van der Waals surface area contributed by atoms with Crippen LogP contribution in [0.4, 0.5) is 5.69 Å². The zero-order valence-corrected chi connectivity index (χ0v) is 17.2. The van der Waals surface area contributed by atoms with E-state index in [2.05, 4.69) is 38.7 Å². The van der Waals surface area contributed by atoms with Crippen LogP contribution in [0.5, 0.6) is 0 Å². The Morgan fingerprint density at radius 1 is 1.16 bits per heavy atom. The lowest BCUT2D eigenvalue weighted by Crippen LogP contribution is -2.30. The highest BCUT2D eigenvalue weighted by Crippen LogP contribution is 2.16. The molecule has 0 aromatic heterocycles. The van der Waals surface area contributed by atoms with E-state index in [1.165, 1.54) is 24.0 Å². The molecule has 8 heteroatoms. The number of halogens is 1. The molecule has 0 bridgehead atoms. The Morgan fingerprint density at radius 2 is 1.84 bits per heavy atom. The Labute approximate surface area is 162 Å². The molecule has 0 aliphatic heterocycles. The van der Waals surface area contributed by atoms with Gasteiger partial charge in [0.2, 0.25) is 10.0 Å². The molecule has 0 spiro atoms. The summed E-state index contributed by atoms with van der Waals surface area (Å²) in [7, 11) is -0.406. The van der Waals surface area contributed by atoms with E-state index in [1.54, 1.807) is 24.3 Å². The number of thiocarbonyl (C=S) groups is 1. The van der Waals surface area contributed by atoms with E-state index in [9.17, 15) is 8.42 Å². The standard InChI is InChI=1S/C17H20BrN3O2S2/c1-21(2)25(22,23)16-8-6-15(7-9-16)20-17(24)19-11-10-13-4-3-5-14(18)12-13/h3-9,12H,10-11H2,1-2H3,(H2,19,20,24). The Bertz CT molecular complexity index is 837. The van der Waals surface area contributed by atoms with Crippen LogP contribution in [0.1, 0.15) is 5.56 Å². The van der Waals surface area contributed by atoms with Crippen molar-refractivity contribution in [3.63, 3.8) is 0 Å². The molecule has 2 N–H and O–H groups in total. The molecule has 0 fully saturated rings. The van der Waals surface area contributed by atoms with Gasteiger partial charge in [-0.15, -0.1) is 0 Å². The molecule has 0 radical (unpaired) electrons. The van der Waals surface area contributed by atoms with E-state index in [0.29, 0.717) is 11.7 Å². The number of hydrogen-bond acceptors (Lipinski definition) is 3. The van der Waals surface area contributed by atoms with Crippen molar-refractivity contribution in [1.29, 1.82) is 0 Å². The third-order valence-electron chi connectivity index (χ3n) is 3.48. The van der Waals surface area contributed by atoms with Crippen LogP contribution in [0.3, 0.4) is 0 Å². The largest absolute Gasteiger partial charge is 0.362 e. The lowest BCUT2D eigenvalue weighted by molar-refractivity contribution is 0.521. The first-order valence-corrected chi connectivity index (χ1v) is 10.2. The van der Waals surface area contributed by atoms with Crippen LogP contribution in [0.25, 0.3) is 0 Å². The number of hydrogen-bond donors (Lipinski definition) is 2. The molecule has 0 amide bonds. The number of benzene rings is 2. The van der Waals surface area contributed by atoms with Gasteiger partial charge < -0.3 is 10.6 Å². The van der Waals surface area contributed by atoms with Crippen molar-refractivity contribution in [1.82, 2.24) is 9.62 Å². The third kappa shape index (κ3) is 5.78. The van der Waals surface area contributed by atoms with Crippen molar-refractivity contribution in [3.8, 4) is 0 Å². The lowest BCUT2D eigenvalue weighted by Gasteiger charge is -2.13. The van der Waals surface area contributed by atoms with Crippen molar-refractivity contribution in [3.05, 3.63) is 58.6 Å². The van der Waals surface area contributed by atoms with Gasteiger partial charge in [0.05, 0.1) is 4.90 Å². The number of nitrogens with one attached hydrogen (secondary N) is 2. The third-order valence-corrected chi connectivity index (χ3v) is 6.05. The molecule has 0 saturated heterocycles. The second-order valence-electron chi connectivity index (χ2n) is 5.57. The van der Waals surface area contributed by atoms with Crippen molar-refractivity contribution < 1.29 is 8.42 Å². The SMILES string of the molecule is CN(C)S(=O)(=O)c1ccc(NC(=S)NCCc2cccc(Br)c2)cc1. The summed E-state index contributed by atoms with van der Waals surface area (Å²) < 4.78 is 26.3. The normalized spacial score (nSPS) is 11.4. The number of nitrogens with zero attached hydrogens (tertiary/aromatic N) is 1. The van der Waals surface area contributed by atoms with E-state index >= 15 is 0 Å². The van der Waals surface area contributed by atoms with Gasteiger partial charge in [0, 0.05) is 30.8 Å². The summed E-state index contributed by atoms with van der Waals surface area (Å²) in [4.78, 5) is 0.247. The Kier molecular flexibility index (Phi) is 6.95. The number of sulfonamides is 1. The zero-order chi connectivity index (χ0) is 18.4. The van der Waals surface area contributed by atoms with E-state index in [4.69, 9.17) is 12.2 Å². The van der Waals surface area contributed by atoms with Crippen LogP contribution in [-0.2, 0) is 16.4 Å². The first kappa shape index (κ1) is 19.8. The van der Waals surface area contributed by atoms with E-state index in [1.807, 2.05) is 12.1 Å². The maximum Gasteiger partial charge on any atom is 0.242 e. The molecule has 0 atom stereocenters. The molecular formula is C17H20BrN3O2S2. The van der Waals surface area contributed by atoms with Crippen molar-refractivity contribution in [2.75, 3.05) is 26.0 Å². The van der Waals surface area contributed by atoms with Gasteiger partial charge >= 0.3 is 0 Å². The van der Waals surface area contributed by atoms with Crippen LogP contribution in [-0.4, -0.2) is 38.5 Å². The van der Waals surface area contributed by atoms with Gasteiger partial charge in [-0.3, -0.25) is 0 Å². The second-order valence-corrected chi connectivity index (χ2v) is 9.05. The Balaban J connectivity index is 1.86. The van der Waals surface area contributed by atoms with Crippen LogP contribution in [0.15, 0.2) is 57.9 Å². The van der Waals surface area contributed by atoms with Crippen LogP contribution >= 0.6 is 28.1 Å². The fourth-order valence-electron chi connectivity index (χ4n) is 2.11. The topological polar surface area (TPSA) is 61.4 Å². The highest BCUT2D eigenvalue weighted by Gasteiger charge is 2.16. The van der Waals surface area contributed by atoms with Crippen molar-refractivity contribution in [2.45, 2.75) is 11.3 Å². The number of rotatable bonds is 6. The van der Waals surface area contributed by atoms with Gasteiger partial charge in [-0.25, -0.2) is 12.7 Å². The fraction of sp³-hybridized carbons (Fsp3) is 0.235. The summed E-state index contributed by atoms with van der Waals surface area (Å²) in [5, 5.41) is 6.69. The van der Waals surface area contributed by atoms with Gasteiger partial charge in [-0.2, -0.15) is 0 Å². The van der Waals surface area contributed by atoms with E-state index in [0.717, 1.165) is 16.6 Å². The molecular weight excluding hydrogens is 422 g/mol. The molecule has 5 nitrogen and oxygen atoms in total.